The average Bonchev–Trinajstić information content (AvgIpc) is 3.22. The molecule has 0 atom stereocenters. The van der Waals surface area contributed by atoms with Gasteiger partial charge in [-0.15, -0.1) is 0 Å². The molecule has 4 rings (SSSR count). The average molecular weight is 380 g/mol. The quantitative estimate of drug-likeness (QED) is 0.748. The maximum absolute atomic E-state index is 13.8. The summed E-state index contributed by atoms with van der Waals surface area (Å²) in [6.45, 7) is 2.86. The molecule has 2 aromatic carbocycles. The van der Waals surface area contributed by atoms with Crippen LogP contribution in [0.1, 0.15) is 28.9 Å². The highest BCUT2D eigenvalue weighted by molar-refractivity contribution is 6.08. The third kappa shape index (κ3) is 3.53. The number of aromatic amines is 1. The van der Waals surface area contributed by atoms with Crippen LogP contribution in [0.3, 0.4) is 0 Å². The van der Waals surface area contributed by atoms with Crippen molar-refractivity contribution in [1.82, 2.24) is 15.4 Å². The molecule has 6 nitrogen and oxygen atoms in total. The molecule has 3 aromatic rings. The summed E-state index contributed by atoms with van der Waals surface area (Å²) in [5.41, 5.74) is 2.70. The van der Waals surface area contributed by atoms with Gasteiger partial charge in [-0.2, -0.15) is 15.4 Å². The standard InChI is InChI=1S/C21H21FN4O2/c1-14-13-17(7-8-18(14)22)26(16-9-11-28-12-10-16)21(27)20-19(23-25-24-20)15-5-3-2-4-6-15/h2-8,13,16H,9-12H2,1H3,(H,23,24,25). The molecule has 1 saturated heterocycles. The summed E-state index contributed by atoms with van der Waals surface area (Å²) in [7, 11) is 0. The van der Waals surface area contributed by atoms with Gasteiger partial charge >= 0.3 is 0 Å². The highest BCUT2D eigenvalue weighted by Crippen LogP contribution is 2.29. The van der Waals surface area contributed by atoms with Crippen LogP contribution in [-0.4, -0.2) is 40.6 Å². The topological polar surface area (TPSA) is 71.1 Å². The van der Waals surface area contributed by atoms with E-state index in [1.54, 1.807) is 24.0 Å². The Balaban J connectivity index is 1.76. The maximum atomic E-state index is 13.8. The Morgan fingerprint density at radius 2 is 1.89 bits per heavy atom. The van der Waals surface area contributed by atoms with Gasteiger partial charge in [0.2, 0.25) is 0 Å². The SMILES string of the molecule is Cc1cc(N(C(=O)c2n[nH]nc2-c2ccccc2)C2CCOCC2)ccc1F. The van der Waals surface area contributed by atoms with Gasteiger partial charge in [-0.3, -0.25) is 4.79 Å². The second-order valence-corrected chi connectivity index (χ2v) is 6.84. The zero-order valence-electron chi connectivity index (χ0n) is 15.6. The van der Waals surface area contributed by atoms with Crippen LogP contribution in [0.4, 0.5) is 10.1 Å². The summed E-state index contributed by atoms with van der Waals surface area (Å²) in [6.07, 6.45) is 1.42. The molecule has 0 saturated carbocycles. The van der Waals surface area contributed by atoms with Crippen LogP contribution in [-0.2, 0) is 4.74 Å². The van der Waals surface area contributed by atoms with Crippen molar-refractivity contribution in [1.29, 1.82) is 0 Å². The number of aromatic nitrogens is 3. The van der Waals surface area contributed by atoms with E-state index in [2.05, 4.69) is 15.4 Å². The number of aryl methyl sites for hydroxylation is 1. The number of nitrogens with zero attached hydrogens (tertiary/aromatic N) is 3. The predicted octanol–water partition coefficient (Wildman–Crippen LogP) is 3.75. The minimum absolute atomic E-state index is 0.0496. The number of nitrogens with one attached hydrogen (secondary N) is 1. The highest BCUT2D eigenvalue weighted by atomic mass is 19.1. The molecular formula is C21H21FN4O2. The van der Waals surface area contributed by atoms with E-state index in [4.69, 9.17) is 4.74 Å². The van der Waals surface area contributed by atoms with Gasteiger partial charge in [-0.1, -0.05) is 30.3 Å². The lowest BCUT2D eigenvalue weighted by Gasteiger charge is -2.34. The molecule has 7 heteroatoms. The molecule has 1 aromatic heterocycles. The molecule has 0 bridgehead atoms. The van der Waals surface area contributed by atoms with Crippen LogP contribution in [0, 0.1) is 12.7 Å². The van der Waals surface area contributed by atoms with Crippen LogP contribution < -0.4 is 4.90 Å². The maximum Gasteiger partial charge on any atom is 0.281 e. The Hall–Kier alpha value is -3.06. The summed E-state index contributed by atoms with van der Waals surface area (Å²) < 4.78 is 19.3. The fourth-order valence-electron chi connectivity index (χ4n) is 3.51. The zero-order chi connectivity index (χ0) is 19.5. The van der Waals surface area contributed by atoms with Gasteiger partial charge in [0.05, 0.1) is 0 Å². The Labute approximate surface area is 162 Å². The van der Waals surface area contributed by atoms with Gasteiger partial charge in [-0.05, 0) is 43.5 Å². The van der Waals surface area contributed by atoms with Crippen molar-refractivity contribution in [3.8, 4) is 11.3 Å². The molecule has 144 valence electrons. The first-order chi connectivity index (χ1) is 13.6. The number of anilines is 1. The number of H-pyrrole nitrogens is 1. The first kappa shape index (κ1) is 18.3. The molecule has 1 N–H and O–H groups in total. The van der Waals surface area contributed by atoms with E-state index in [1.165, 1.54) is 6.07 Å². The fourth-order valence-corrected chi connectivity index (χ4v) is 3.51. The van der Waals surface area contributed by atoms with Crippen LogP contribution in [0.5, 0.6) is 0 Å². The lowest BCUT2D eigenvalue weighted by atomic mass is 10.0. The third-order valence-electron chi connectivity index (χ3n) is 4.99. The molecule has 2 heterocycles. The molecule has 28 heavy (non-hydrogen) atoms. The van der Waals surface area contributed by atoms with E-state index < -0.39 is 0 Å². The summed E-state index contributed by atoms with van der Waals surface area (Å²) in [4.78, 5) is 15.3. The van der Waals surface area contributed by atoms with Crippen molar-refractivity contribution in [3.05, 3.63) is 65.6 Å². The predicted molar refractivity (Wildman–Crippen MR) is 104 cm³/mol. The number of halogens is 1. The molecule has 1 fully saturated rings. The fraction of sp³-hybridized carbons (Fsp3) is 0.286. The number of hydrogen-bond donors (Lipinski definition) is 1. The third-order valence-corrected chi connectivity index (χ3v) is 4.99. The van der Waals surface area contributed by atoms with Crippen LogP contribution in [0.25, 0.3) is 11.3 Å². The minimum atomic E-state index is -0.297. The molecule has 0 spiro atoms. The Morgan fingerprint density at radius 3 is 2.61 bits per heavy atom. The number of amides is 1. The molecule has 0 aliphatic carbocycles. The summed E-state index contributed by atoms with van der Waals surface area (Å²) in [5.74, 6) is -0.556. The van der Waals surface area contributed by atoms with Crippen molar-refractivity contribution < 1.29 is 13.9 Å². The van der Waals surface area contributed by atoms with Gasteiger partial charge in [-0.25, -0.2) is 4.39 Å². The number of hydrogen-bond acceptors (Lipinski definition) is 4. The molecule has 1 aliphatic heterocycles. The van der Waals surface area contributed by atoms with E-state index >= 15 is 0 Å². The first-order valence-corrected chi connectivity index (χ1v) is 9.29. The van der Waals surface area contributed by atoms with Gasteiger partial charge < -0.3 is 9.64 Å². The largest absolute Gasteiger partial charge is 0.381 e. The number of rotatable bonds is 4. The van der Waals surface area contributed by atoms with E-state index in [0.717, 1.165) is 5.56 Å². The summed E-state index contributed by atoms with van der Waals surface area (Å²) in [6, 6.07) is 14.1. The zero-order valence-corrected chi connectivity index (χ0v) is 15.6. The Bertz CT molecular complexity index is 968. The van der Waals surface area contributed by atoms with Crippen LogP contribution >= 0.6 is 0 Å². The van der Waals surface area contributed by atoms with Gasteiger partial charge in [0.1, 0.15) is 11.5 Å². The number of ether oxygens (including phenoxy) is 1. The van der Waals surface area contributed by atoms with Gasteiger partial charge in [0, 0.05) is 30.5 Å². The van der Waals surface area contributed by atoms with Crippen molar-refractivity contribution in [2.24, 2.45) is 0 Å². The molecular weight excluding hydrogens is 359 g/mol. The lowest BCUT2D eigenvalue weighted by molar-refractivity contribution is 0.0770. The monoisotopic (exact) mass is 380 g/mol. The van der Waals surface area contributed by atoms with Crippen molar-refractivity contribution in [2.45, 2.75) is 25.8 Å². The smallest absolute Gasteiger partial charge is 0.281 e. The van der Waals surface area contributed by atoms with Gasteiger partial charge in [0.25, 0.3) is 5.91 Å². The van der Waals surface area contributed by atoms with Crippen molar-refractivity contribution in [2.75, 3.05) is 18.1 Å². The lowest BCUT2D eigenvalue weighted by Crippen LogP contribution is -2.44. The number of carbonyl (C=O) groups excluding carboxylic acids is 1. The van der Waals surface area contributed by atoms with E-state index in [-0.39, 0.29) is 23.5 Å². The van der Waals surface area contributed by atoms with E-state index in [1.807, 2.05) is 30.3 Å². The minimum Gasteiger partial charge on any atom is -0.381 e. The van der Waals surface area contributed by atoms with E-state index in [0.29, 0.717) is 43.0 Å². The van der Waals surface area contributed by atoms with Gasteiger partial charge in [0.15, 0.2) is 5.69 Å². The van der Waals surface area contributed by atoms with Crippen molar-refractivity contribution in [3.63, 3.8) is 0 Å². The Morgan fingerprint density at radius 1 is 1.14 bits per heavy atom. The van der Waals surface area contributed by atoms with Crippen LogP contribution in [0.2, 0.25) is 0 Å². The normalized spacial score (nSPS) is 14.8. The highest BCUT2D eigenvalue weighted by Gasteiger charge is 2.31. The van der Waals surface area contributed by atoms with Crippen molar-refractivity contribution >= 4 is 11.6 Å². The first-order valence-electron chi connectivity index (χ1n) is 9.29. The number of carbonyl (C=O) groups is 1. The molecule has 0 unspecified atom stereocenters. The Kier molecular flexibility index (Phi) is 5.16. The summed E-state index contributed by atoms with van der Waals surface area (Å²) >= 11 is 0. The van der Waals surface area contributed by atoms with Crippen LogP contribution in [0.15, 0.2) is 48.5 Å². The molecule has 1 amide bonds. The van der Waals surface area contributed by atoms with E-state index in [9.17, 15) is 9.18 Å². The molecule has 0 radical (unpaired) electrons. The number of benzene rings is 2. The second-order valence-electron chi connectivity index (χ2n) is 6.84. The molecule has 1 aliphatic rings. The summed E-state index contributed by atoms with van der Waals surface area (Å²) in [5, 5.41) is 10.9. The second kappa shape index (κ2) is 7.90.